The van der Waals surface area contributed by atoms with Crippen LogP contribution >= 0.6 is 12.6 Å². The summed E-state index contributed by atoms with van der Waals surface area (Å²) in [5, 5.41) is 34.5. The van der Waals surface area contributed by atoms with E-state index in [0.717, 1.165) is 0 Å². The van der Waals surface area contributed by atoms with Crippen LogP contribution < -0.4 is 27.4 Å². The number of hydrogen-bond acceptors (Lipinski definition) is 9. The summed E-state index contributed by atoms with van der Waals surface area (Å²) < 4.78 is 0. The highest BCUT2D eigenvalue weighted by Crippen LogP contribution is 2.05. The lowest BCUT2D eigenvalue weighted by Crippen LogP contribution is -2.58. The Hall–Kier alpha value is -2.42. The molecule has 0 aliphatic heterocycles. The lowest BCUT2D eigenvalue weighted by atomic mass is 10.1. The lowest BCUT2D eigenvalue weighted by molar-refractivity contribution is -0.143. The van der Waals surface area contributed by atoms with E-state index in [2.05, 4.69) is 28.6 Å². The monoisotopic (exact) mass is 479 g/mol. The Morgan fingerprint density at radius 1 is 0.875 bits per heavy atom. The highest BCUT2D eigenvalue weighted by Gasteiger charge is 2.30. The van der Waals surface area contributed by atoms with Crippen LogP contribution in [0.5, 0.6) is 0 Å². The van der Waals surface area contributed by atoms with Crippen molar-refractivity contribution in [3.8, 4) is 0 Å². The fraction of sp³-hybridized carbons (Fsp3) is 0.722. The van der Waals surface area contributed by atoms with E-state index >= 15 is 0 Å². The van der Waals surface area contributed by atoms with Gasteiger partial charge in [0.2, 0.25) is 17.7 Å². The molecule has 14 heteroatoms. The normalized spacial score (nSPS) is 15.5. The quantitative estimate of drug-likeness (QED) is 0.0812. The minimum absolute atomic E-state index is 0.102. The number of aliphatic hydroxyl groups is 1. The Labute approximate surface area is 191 Å². The second kappa shape index (κ2) is 15.4. The van der Waals surface area contributed by atoms with Crippen LogP contribution in [0.3, 0.4) is 0 Å². The standard InChI is InChI=1S/C18H33N5O8S/c1-9(24)14(20)17(29)23-12(8-32)16(28)21-10(5-6-13(25)26)15(27)22-11(18(30)31)4-2-3-7-19/h9-12,14,24,32H,2-8,19-20H2,1H3,(H,21,28)(H,22,27)(H,23,29)(H,25,26)(H,30,31). The van der Waals surface area contributed by atoms with Crippen molar-refractivity contribution in [2.45, 2.75) is 69.3 Å². The smallest absolute Gasteiger partial charge is 0.326 e. The molecule has 184 valence electrons. The number of amides is 3. The molecule has 3 amide bonds. The zero-order valence-corrected chi connectivity index (χ0v) is 18.7. The highest BCUT2D eigenvalue weighted by molar-refractivity contribution is 7.80. The van der Waals surface area contributed by atoms with Crippen molar-refractivity contribution in [1.82, 2.24) is 16.0 Å². The van der Waals surface area contributed by atoms with Gasteiger partial charge in [-0.3, -0.25) is 19.2 Å². The van der Waals surface area contributed by atoms with Gasteiger partial charge in [0.15, 0.2) is 0 Å². The molecule has 0 saturated carbocycles. The number of hydrogen-bond donors (Lipinski definition) is 9. The van der Waals surface area contributed by atoms with E-state index in [-0.39, 0.29) is 18.6 Å². The number of carbonyl (C=O) groups is 5. The zero-order chi connectivity index (χ0) is 24.8. The zero-order valence-electron chi connectivity index (χ0n) is 17.8. The fourth-order valence-corrected chi connectivity index (χ4v) is 2.77. The van der Waals surface area contributed by atoms with Gasteiger partial charge < -0.3 is 42.7 Å². The molecule has 5 unspecified atom stereocenters. The number of carboxylic acids is 2. The van der Waals surface area contributed by atoms with Gasteiger partial charge in [0.05, 0.1) is 6.10 Å². The molecule has 0 spiro atoms. The number of rotatable bonds is 16. The summed E-state index contributed by atoms with van der Waals surface area (Å²) in [4.78, 5) is 59.5. The molecule has 0 aromatic rings. The van der Waals surface area contributed by atoms with E-state index in [0.29, 0.717) is 19.4 Å². The Morgan fingerprint density at radius 2 is 1.41 bits per heavy atom. The average Bonchev–Trinajstić information content (AvgIpc) is 2.72. The Morgan fingerprint density at radius 3 is 1.88 bits per heavy atom. The molecule has 0 rings (SSSR count). The number of aliphatic hydroxyl groups excluding tert-OH is 1. The SMILES string of the molecule is CC(O)C(N)C(=O)NC(CS)C(=O)NC(CCC(=O)O)C(=O)NC(CCCCN)C(=O)O. The summed E-state index contributed by atoms with van der Waals surface area (Å²) in [7, 11) is 0. The van der Waals surface area contributed by atoms with Gasteiger partial charge in [0.1, 0.15) is 24.2 Å². The third-order valence-electron chi connectivity index (χ3n) is 4.48. The van der Waals surface area contributed by atoms with Gasteiger partial charge in [-0.05, 0) is 39.2 Å². The molecule has 0 bridgehead atoms. The number of carboxylic acid groups (broad SMARTS) is 2. The molecule has 10 N–H and O–H groups in total. The molecule has 13 nitrogen and oxygen atoms in total. The van der Waals surface area contributed by atoms with Crippen molar-refractivity contribution in [2.75, 3.05) is 12.3 Å². The first-order valence-corrected chi connectivity index (χ1v) is 10.7. The first-order valence-electron chi connectivity index (χ1n) is 10.0. The Kier molecular flexibility index (Phi) is 14.2. The van der Waals surface area contributed by atoms with E-state index in [9.17, 15) is 34.2 Å². The molecule has 0 aromatic heterocycles. The minimum atomic E-state index is -1.38. The molecule has 0 heterocycles. The van der Waals surface area contributed by atoms with Crippen molar-refractivity contribution >= 4 is 42.3 Å². The maximum atomic E-state index is 12.6. The fourth-order valence-electron chi connectivity index (χ4n) is 2.51. The maximum Gasteiger partial charge on any atom is 0.326 e. The topological polar surface area (TPSA) is 234 Å². The summed E-state index contributed by atoms with van der Waals surface area (Å²) in [5.41, 5.74) is 10.9. The van der Waals surface area contributed by atoms with E-state index in [1.54, 1.807) is 0 Å². The van der Waals surface area contributed by atoms with Crippen molar-refractivity contribution in [1.29, 1.82) is 0 Å². The Bertz CT molecular complexity index is 663. The average molecular weight is 480 g/mol. The number of nitrogens with two attached hydrogens (primary N) is 2. The molecular formula is C18H33N5O8S. The number of nitrogens with one attached hydrogen (secondary N) is 3. The second-order valence-electron chi connectivity index (χ2n) is 7.19. The van der Waals surface area contributed by atoms with Crippen LogP contribution in [0.1, 0.15) is 39.0 Å². The van der Waals surface area contributed by atoms with Crippen LogP contribution in [0.25, 0.3) is 0 Å². The molecule has 0 aliphatic rings. The first kappa shape index (κ1) is 29.6. The van der Waals surface area contributed by atoms with Gasteiger partial charge in [-0.25, -0.2) is 4.79 Å². The number of thiol groups is 1. The molecule has 0 aromatic carbocycles. The molecule has 5 atom stereocenters. The van der Waals surface area contributed by atoms with Gasteiger partial charge in [0, 0.05) is 12.2 Å². The second-order valence-corrected chi connectivity index (χ2v) is 7.55. The molecular weight excluding hydrogens is 446 g/mol. The predicted molar refractivity (Wildman–Crippen MR) is 117 cm³/mol. The van der Waals surface area contributed by atoms with E-state index in [1.165, 1.54) is 6.92 Å². The molecule has 0 fully saturated rings. The summed E-state index contributed by atoms with van der Waals surface area (Å²) in [6.07, 6.45) is -0.880. The summed E-state index contributed by atoms with van der Waals surface area (Å²) in [6.45, 7) is 1.64. The van der Waals surface area contributed by atoms with Gasteiger partial charge in [0.25, 0.3) is 0 Å². The van der Waals surface area contributed by atoms with Crippen LogP contribution in [0.15, 0.2) is 0 Å². The van der Waals surface area contributed by atoms with Crippen molar-refractivity contribution in [2.24, 2.45) is 11.5 Å². The maximum absolute atomic E-state index is 12.6. The van der Waals surface area contributed by atoms with Gasteiger partial charge in [-0.2, -0.15) is 12.6 Å². The summed E-state index contributed by atoms with van der Waals surface area (Å²) in [5.74, 6) is -5.26. The van der Waals surface area contributed by atoms with Gasteiger partial charge in [-0.1, -0.05) is 0 Å². The summed E-state index contributed by atoms with van der Waals surface area (Å²) >= 11 is 3.98. The number of carbonyl (C=O) groups excluding carboxylic acids is 3. The lowest BCUT2D eigenvalue weighted by Gasteiger charge is -2.24. The number of aliphatic carboxylic acids is 2. The van der Waals surface area contributed by atoms with E-state index in [4.69, 9.17) is 16.6 Å². The van der Waals surface area contributed by atoms with Crippen molar-refractivity contribution < 1.29 is 39.3 Å². The van der Waals surface area contributed by atoms with Crippen LogP contribution in [-0.2, 0) is 24.0 Å². The van der Waals surface area contributed by atoms with Crippen molar-refractivity contribution in [3.05, 3.63) is 0 Å². The molecule has 0 saturated heterocycles. The summed E-state index contributed by atoms with van der Waals surface area (Å²) in [6, 6.07) is -5.17. The van der Waals surface area contributed by atoms with Gasteiger partial charge >= 0.3 is 11.9 Å². The number of unbranched alkanes of at least 4 members (excludes halogenated alkanes) is 1. The third-order valence-corrected chi connectivity index (χ3v) is 4.84. The van der Waals surface area contributed by atoms with Crippen LogP contribution in [0, 0.1) is 0 Å². The minimum Gasteiger partial charge on any atom is -0.481 e. The highest BCUT2D eigenvalue weighted by atomic mass is 32.1. The van der Waals surface area contributed by atoms with E-state index in [1.807, 2.05) is 0 Å². The van der Waals surface area contributed by atoms with Crippen LogP contribution in [0.4, 0.5) is 0 Å². The Balaban J connectivity index is 5.31. The molecule has 0 aliphatic carbocycles. The van der Waals surface area contributed by atoms with Crippen molar-refractivity contribution in [3.63, 3.8) is 0 Å². The largest absolute Gasteiger partial charge is 0.481 e. The van der Waals surface area contributed by atoms with E-state index < -0.39 is 66.4 Å². The van der Waals surface area contributed by atoms with Crippen LogP contribution in [-0.4, -0.2) is 87.5 Å². The van der Waals surface area contributed by atoms with Crippen LogP contribution in [0.2, 0.25) is 0 Å². The van der Waals surface area contributed by atoms with Gasteiger partial charge in [-0.15, -0.1) is 0 Å². The first-order chi connectivity index (χ1) is 14.9. The molecule has 32 heavy (non-hydrogen) atoms. The molecule has 0 radical (unpaired) electrons. The predicted octanol–water partition coefficient (Wildman–Crippen LogP) is -2.84. The third kappa shape index (κ3) is 11.3.